The zero-order valence-corrected chi connectivity index (χ0v) is 7.40. The van der Waals surface area contributed by atoms with Gasteiger partial charge in [0.15, 0.2) is 12.0 Å². The van der Waals surface area contributed by atoms with Gasteiger partial charge in [0.2, 0.25) is 0 Å². The molecule has 4 nitrogen and oxygen atoms in total. The van der Waals surface area contributed by atoms with Crippen LogP contribution in [0.15, 0.2) is 12.1 Å². The van der Waals surface area contributed by atoms with Gasteiger partial charge in [-0.1, -0.05) is 0 Å². The predicted octanol–water partition coefficient (Wildman–Crippen LogP) is 1.45. The van der Waals surface area contributed by atoms with Crippen molar-refractivity contribution in [3.05, 3.63) is 23.3 Å². The van der Waals surface area contributed by atoms with E-state index in [1.54, 1.807) is 6.92 Å². The van der Waals surface area contributed by atoms with Crippen LogP contribution >= 0.6 is 0 Å². The maximum atomic E-state index is 10.5. The normalized spacial score (nSPS) is 9.69. The number of carbonyl (C=O) groups is 1. The summed E-state index contributed by atoms with van der Waals surface area (Å²) in [5, 5.41) is 9.27. The molecule has 70 valence electrons. The van der Waals surface area contributed by atoms with Gasteiger partial charge in [0.05, 0.1) is 12.7 Å². The Labute approximate surface area is 75.6 Å². The lowest BCUT2D eigenvalue weighted by molar-refractivity contribution is -0.178. The molecule has 13 heavy (non-hydrogen) atoms. The van der Waals surface area contributed by atoms with Gasteiger partial charge in [-0.25, -0.2) is 0 Å². The van der Waals surface area contributed by atoms with Crippen LogP contribution in [0.3, 0.4) is 0 Å². The highest BCUT2D eigenvalue weighted by Gasteiger charge is 2.07. The van der Waals surface area contributed by atoms with Gasteiger partial charge in [0.25, 0.3) is 0 Å². The quantitative estimate of drug-likeness (QED) is 0.436. The molecule has 0 saturated carbocycles. The third-order valence-corrected chi connectivity index (χ3v) is 1.63. The minimum absolute atomic E-state index is 0.0607. The fraction of sp³-hybridized carbons (Fsp3) is 0.222. The number of aldehydes is 1. The Balaban J connectivity index is 3.16. The first-order valence-corrected chi connectivity index (χ1v) is 3.68. The lowest BCUT2D eigenvalue weighted by Crippen LogP contribution is -1.95. The van der Waals surface area contributed by atoms with E-state index in [0.29, 0.717) is 17.6 Å². The van der Waals surface area contributed by atoms with Crippen molar-refractivity contribution in [2.75, 3.05) is 7.11 Å². The number of aromatic hydroxyl groups is 1. The van der Waals surface area contributed by atoms with Crippen LogP contribution < -0.4 is 4.89 Å². The highest BCUT2D eigenvalue weighted by Crippen LogP contribution is 2.26. The predicted molar refractivity (Wildman–Crippen MR) is 45.9 cm³/mol. The summed E-state index contributed by atoms with van der Waals surface area (Å²) in [5.41, 5.74) is 0.877. The second-order valence-electron chi connectivity index (χ2n) is 2.54. The zero-order valence-electron chi connectivity index (χ0n) is 7.40. The molecule has 1 aromatic carbocycles. The Morgan fingerprint density at radius 3 is 2.69 bits per heavy atom. The molecule has 0 bridgehead atoms. The Bertz CT molecular complexity index is 320. The largest absolute Gasteiger partial charge is 0.508 e. The van der Waals surface area contributed by atoms with Crippen LogP contribution in [-0.2, 0) is 4.89 Å². The van der Waals surface area contributed by atoms with Crippen molar-refractivity contribution in [1.29, 1.82) is 0 Å². The molecule has 0 aromatic heterocycles. The number of phenolic OH excluding ortho intramolecular Hbond substituents is 1. The molecule has 1 N–H and O–H groups in total. The van der Waals surface area contributed by atoms with Crippen molar-refractivity contribution < 1.29 is 19.7 Å². The second kappa shape index (κ2) is 3.91. The molecular weight excluding hydrogens is 172 g/mol. The van der Waals surface area contributed by atoms with Gasteiger partial charge >= 0.3 is 0 Å². The zero-order chi connectivity index (χ0) is 9.84. The van der Waals surface area contributed by atoms with Gasteiger partial charge in [0, 0.05) is 0 Å². The molecule has 1 aromatic rings. The lowest BCUT2D eigenvalue weighted by atomic mass is 10.1. The van der Waals surface area contributed by atoms with Crippen LogP contribution in [0, 0.1) is 6.92 Å². The molecule has 0 aliphatic rings. The molecule has 0 aliphatic carbocycles. The maximum Gasteiger partial charge on any atom is 0.176 e. The molecular formula is C9H10O4. The van der Waals surface area contributed by atoms with Gasteiger partial charge in [0.1, 0.15) is 5.75 Å². The molecule has 0 spiro atoms. The first-order valence-electron chi connectivity index (χ1n) is 3.68. The van der Waals surface area contributed by atoms with Crippen LogP contribution in [-0.4, -0.2) is 18.5 Å². The van der Waals surface area contributed by atoms with E-state index in [1.165, 1.54) is 19.2 Å². The topological polar surface area (TPSA) is 55.8 Å². The highest BCUT2D eigenvalue weighted by molar-refractivity contribution is 5.80. The van der Waals surface area contributed by atoms with Crippen LogP contribution in [0.4, 0.5) is 0 Å². The number of aryl methyl sites for hydroxylation is 1. The first kappa shape index (κ1) is 9.54. The molecule has 0 saturated heterocycles. The van der Waals surface area contributed by atoms with Gasteiger partial charge in [-0.05, 0) is 24.6 Å². The summed E-state index contributed by atoms with van der Waals surface area (Å²) in [6, 6.07) is 2.86. The van der Waals surface area contributed by atoms with E-state index in [2.05, 4.69) is 4.89 Å². The number of phenols is 1. The third-order valence-electron chi connectivity index (χ3n) is 1.63. The van der Waals surface area contributed by atoms with E-state index < -0.39 is 0 Å². The average Bonchev–Trinajstić information content (AvgIpc) is 2.11. The summed E-state index contributed by atoms with van der Waals surface area (Å²) >= 11 is 0. The SMILES string of the molecule is COOc1cc(C)c(O)cc1C=O. The summed E-state index contributed by atoms with van der Waals surface area (Å²) in [5.74, 6) is 0.360. The summed E-state index contributed by atoms with van der Waals surface area (Å²) in [6.45, 7) is 1.70. The van der Waals surface area contributed by atoms with Crippen molar-refractivity contribution in [3.63, 3.8) is 0 Å². The number of carbonyl (C=O) groups excluding carboxylic acids is 1. The summed E-state index contributed by atoms with van der Waals surface area (Å²) < 4.78 is 0. The maximum absolute atomic E-state index is 10.5. The van der Waals surface area contributed by atoms with Gasteiger partial charge in [-0.15, -0.1) is 0 Å². The van der Waals surface area contributed by atoms with Crippen molar-refractivity contribution >= 4 is 6.29 Å². The van der Waals surface area contributed by atoms with Gasteiger partial charge < -0.3 is 9.99 Å². The smallest absolute Gasteiger partial charge is 0.176 e. The minimum Gasteiger partial charge on any atom is -0.508 e. The van der Waals surface area contributed by atoms with Crippen LogP contribution in [0.1, 0.15) is 15.9 Å². The Morgan fingerprint density at radius 2 is 2.15 bits per heavy atom. The van der Waals surface area contributed by atoms with Crippen molar-refractivity contribution in [2.45, 2.75) is 6.92 Å². The average molecular weight is 182 g/mol. The number of hydrogen-bond donors (Lipinski definition) is 1. The molecule has 4 heteroatoms. The van der Waals surface area contributed by atoms with Gasteiger partial charge in [-0.2, -0.15) is 4.89 Å². The molecule has 0 heterocycles. The molecule has 0 fully saturated rings. The highest BCUT2D eigenvalue weighted by atomic mass is 17.2. The Kier molecular flexibility index (Phi) is 2.87. The second-order valence-corrected chi connectivity index (χ2v) is 2.54. The minimum atomic E-state index is 0.0607. The molecule has 0 amide bonds. The van der Waals surface area contributed by atoms with Crippen molar-refractivity contribution in [3.8, 4) is 11.5 Å². The summed E-state index contributed by atoms with van der Waals surface area (Å²) in [4.78, 5) is 19.7. The van der Waals surface area contributed by atoms with Crippen LogP contribution in [0.2, 0.25) is 0 Å². The van der Waals surface area contributed by atoms with E-state index in [1.807, 2.05) is 0 Å². The summed E-state index contributed by atoms with van der Waals surface area (Å²) in [6.07, 6.45) is 0.591. The molecule has 0 aliphatic heterocycles. The monoisotopic (exact) mass is 182 g/mol. The number of rotatable bonds is 3. The van der Waals surface area contributed by atoms with E-state index in [9.17, 15) is 9.90 Å². The third kappa shape index (κ3) is 1.97. The van der Waals surface area contributed by atoms with Crippen LogP contribution in [0.25, 0.3) is 0 Å². The number of hydrogen-bond acceptors (Lipinski definition) is 4. The van der Waals surface area contributed by atoms with Crippen molar-refractivity contribution in [1.82, 2.24) is 0 Å². The number of benzene rings is 1. The van der Waals surface area contributed by atoms with E-state index >= 15 is 0 Å². The summed E-state index contributed by atoms with van der Waals surface area (Å²) in [7, 11) is 1.34. The van der Waals surface area contributed by atoms with E-state index in [-0.39, 0.29) is 11.3 Å². The molecule has 0 radical (unpaired) electrons. The fourth-order valence-corrected chi connectivity index (χ4v) is 0.940. The molecule has 0 atom stereocenters. The van der Waals surface area contributed by atoms with Gasteiger partial charge in [-0.3, -0.25) is 4.79 Å². The van der Waals surface area contributed by atoms with Crippen molar-refractivity contribution in [2.24, 2.45) is 0 Å². The Hall–Kier alpha value is -1.55. The van der Waals surface area contributed by atoms with E-state index in [0.717, 1.165) is 0 Å². The first-order chi connectivity index (χ1) is 6.19. The Morgan fingerprint density at radius 1 is 1.46 bits per heavy atom. The fourth-order valence-electron chi connectivity index (χ4n) is 0.940. The molecule has 0 unspecified atom stereocenters. The van der Waals surface area contributed by atoms with E-state index in [4.69, 9.17) is 4.89 Å². The lowest BCUT2D eigenvalue weighted by Gasteiger charge is -2.06. The molecule has 1 rings (SSSR count). The standard InChI is InChI=1S/C9H10O4/c1-6-3-9(13-12-2)7(5-10)4-8(6)11/h3-5,11H,1-2H3. The van der Waals surface area contributed by atoms with Crippen LogP contribution in [0.5, 0.6) is 11.5 Å².